The molecule has 52 heavy (non-hydrogen) atoms. The zero-order valence-electron chi connectivity index (χ0n) is 35.3. The van der Waals surface area contributed by atoms with Crippen LogP contribution in [0.1, 0.15) is 258 Å². The van der Waals surface area contributed by atoms with E-state index >= 15 is 0 Å². The number of nitrogens with one attached hydrogen (secondary N) is 1. The molecule has 0 bridgehead atoms. The molecule has 0 radical (unpaired) electrons. The summed E-state index contributed by atoms with van der Waals surface area (Å²) in [5.41, 5.74) is 0. The Labute approximate surface area is 326 Å². The maximum Gasteiger partial charge on any atom is 0.220 e. The third-order valence-electron chi connectivity index (χ3n) is 10.9. The van der Waals surface area contributed by atoms with Crippen LogP contribution in [-0.4, -0.2) is 34.9 Å². The smallest absolute Gasteiger partial charge is 0.220 e. The van der Waals surface area contributed by atoms with Crippen molar-refractivity contribution in [1.82, 2.24) is 5.32 Å². The highest BCUT2D eigenvalue weighted by Crippen LogP contribution is 2.16. The fourth-order valence-corrected chi connectivity index (χ4v) is 7.29. The molecular weight excluding hydrogens is 639 g/mol. The van der Waals surface area contributed by atoms with Gasteiger partial charge in [-0.15, -0.1) is 0 Å². The molecule has 2 atom stereocenters. The molecule has 1 amide bonds. The lowest BCUT2D eigenvalue weighted by Gasteiger charge is -2.20. The van der Waals surface area contributed by atoms with Crippen molar-refractivity contribution in [2.24, 2.45) is 0 Å². The Morgan fingerprint density at radius 1 is 0.442 bits per heavy atom. The maximum atomic E-state index is 12.4. The summed E-state index contributed by atoms with van der Waals surface area (Å²) in [5.74, 6) is -0.0659. The number of hydrogen-bond acceptors (Lipinski definition) is 3. The van der Waals surface area contributed by atoms with Crippen molar-refractivity contribution >= 4 is 5.91 Å². The highest BCUT2D eigenvalue weighted by molar-refractivity contribution is 5.76. The normalized spacial score (nSPS) is 13.1. The average Bonchev–Trinajstić information content (AvgIpc) is 3.15. The molecule has 4 heteroatoms. The monoisotopic (exact) mass is 732 g/mol. The highest BCUT2D eigenvalue weighted by Gasteiger charge is 2.17. The number of carbonyl (C=O) groups excluding carboxylic acids is 1. The van der Waals surface area contributed by atoms with Crippen LogP contribution in [0.3, 0.4) is 0 Å². The Morgan fingerprint density at radius 2 is 0.731 bits per heavy atom. The van der Waals surface area contributed by atoms with Crippen LogP contribution < -0.4 is 5.32 Å². The van der Waals surface area contributed by atoms with Crippen molar-refractivity contribution in [3.8, 4) is 0 Å². The molecule has 0 aliphatic rings. The number of amides is 1. The third-order valence-corrected chi connectivity index (χ3v) is 10.9. The quantitative estimate of drug-likeness (QED) is 0.0432. The summed E-state index contributed by atoms with van der Waals surface area (Å²) >= 11 is 0. The summed E-state index contributed by atoms with van der Waals surface area (Å²) in [6, 6.07) is -0.622. The molecule has 0 saturated carbocycles. The van der Waals surface area contributed by atoms with Gasteiger partial charge in [-0.1, -0.05) is 231 Å². The largest absolute Gasteiger partial charge is 0.394 e. The van der Waals surface area contributed by atoms with Gasteiger partial charge in [-0.2, -0.15) is 0 Å². The van der Waals surface area contributed by atoms with E-state index in [2.05, 4.69) is 31.3 Å². The first-order valence-corrected chi connectivity index (χ1v) is 23.6. The molecule has 0 aliphatic heterocycles. The Kier molecular flexibility index (Phi) is 43.3. The third kappa shape index (κ3) is 40.1. The molecule has 0 fully saturated rings. The number of carbonyl (C=O) groups is 1. The van der Waals surface area contributed by atoms with E-state index in [1.165, 1.54) is 212 Å². The van der Waals surface area contributed by atoms with Gasteiger partial charge in [0.2, 0.25) is 5.91 Å². The lowest BCUT2D eigenvalue weighted by molar-refractivity contribution is -0.123. The van der Waals surface area contributed by atoms with Gasteiger partial charge in [-0.3, -0.25) is 4.79 Å². The predicted octanol–water partition coefficient (Wildman–Crippen LogP) is 14.8. The van der Waals surface area contributed by atoms with Crippen LogP contribution in [0.2, 0.25) is 0 Å². The fraction of sp³-hybridized carbons (Fsp3) is 0.896. The molecule has 308 valence electrons. The summed E-state index contributed by atoms with van der Waals surface area (Å²) in [4.78, 5) is 12.4. The van der Waals surface area contributed by atoms with Crippen LogP contribution in [0.5, 0.6) is 0 Å². The molecule has 4 nitrogen and oxygen atoms in total. The van der Waals surface area contributed by atoms with Crippen LogP contribution >= 0.6 is 0 Å². The molecule has 0 saturated heterocycles. The van der Waals surface area contributed by atoms with E-state index in [0.717, 1.165) is 25.7 Å². The first kappa shape index (κ1) is 50.9. The van der Waals surface area contributed by atoms with Gasteiger partial charge in [-0.25, -0.2) is 0 Å². The van der Waals surface area contributed by atoms with Crippen molar-refractivity contribution in [2.75, 3.05) is 6.61 Å². The van der Waals surface area contributed by atoms with E-state index in [1.807, 2.05) is 6.08 Å². The summed E-state index contributed by atoms with van der Waals surface area (Å²) in [5, 5.41) is 23.1. The minimum atomic E-state index is -0.839. The minimum Gasteiger partial charge on any atom is -0.394 e. The van der Waals surface area contributed by atoms with Crippen LogP contribution in [0.4, 0.5) is 0 Å². The van der Waals surface area contributed by atoms with Crippen LogP contribution in [0, 0.1) is 0 Å². The Balaban J connectivity index is 3.53. The molecule has 0 heterocycles. The first-order valence-electron chi connectivity index (χ1n) is 23.6. The Morgan fingerprint density at radius 3 is 1.06 bits per heavy atom. The molecule has 0 spiro atoms. The second-order valence-corrected chi connectivity index (χ2v) is 16.2. The van der Waals surface area contributed by atoms with E-state index in [4.69, 9.17) is 0 Å². The minimum absolute atomic E-state index is 0.0659. The second-order valence-electron chi connectivity index (χ2n) is 16.2. The standard InChI is InChI=1S/C48H93NO3/c1-3-5-7-9-11-13-15-17-19-21-23-24-25-26-27-29-31-33-35-37-39-41-43-47(51)46(45-50)49-48(52)44-42-40-38-36-34-32-30-28-22-20-18-16-14-12-10-8-6-4-2/h20,22,41,43,46-47,50-51H,3-19,21,23-40,42,44-45H2,1-2H3,(H,49,52)/b22-20-,43-41+. The van der Waals surface area contributed by atoms with Gasteiger partial charge in [0.05, 0.1) is 18.8 Å². The summed E-state index contributed by atoms with van der Waals surface area (Å²) in [6.45, 7) is 4.32. The van der Waals surface area contributed by atoms with Crippen molar-refractivity contribution < 1.29 is 15.0 Å². The zero-order chi connectivity index (χ0) is 37.8. The van der Waals surface area contributed by atoms with Crippen LogP contribution in [0.15, 0.2) is 24.3 Å². The van der Waals surface area contributed by atoms with Gasteiger partial charge in [-0.05, 0) is 44.9 Å². The van der Waals surface area contributed by atoms with Gasteiger partial charge in [0, 0.05) is 6.42 Å². The first-order chi connectivity index (χ1) is 25.7. The lowest BCUT2D eigenvalue weighted by Crippen LogP contribution is -2.45. The predicted molar refractivity (Wildman–Crippen MR) is 230 cm³/mol. The molecule has 0 aromatic rings. The van der Waals surface area contributed by atoms with E-state index in [0.29, 0.717) is 6.42 Å². The van der Waals surface area contributed by atoms with E-state index < -0.39 is 12.1 Å². The van der Waals surface area contributed by atoms with Crippen LogP contribution in [0.25, 0.3) is 0 Å². The van der Waals surface area contributed by atoms with Gasteiger partial charge >= 0.3 is 0 Å². The van der Waals surface area contributed by atoms with E-state index in [-0.39, 0.29) is 12.5 Å². The summed E-state index contributed by atoms with van der Waals surface area (Å²) < 4.78 is 0. The van der Waals surface area contributed by atoms with E-state index in [1.54, 1.807) is 6.08 Å². The molecule has 2 unspecified atom stereocenters. The molecular formula is C48H93NO3. The lowest BCUT2D eigenvalue weighted by atomic mass is 10.0. The number of allylic oxidation sites excluding steroid dienone is 3. The fourth-order valence-electron chi connectivity index (χ4n) is 7.29. The molecule has 0 rings (SSSR count). The number of rotatable bonds is 43. The summed E-state index contributed by atoms with van der Waals surface area (Å²) in [6.07, 6.45) is 57.2. The van der Waals surface area contributed by atoms with Gasteiger partial charge in [0.25, 0.3) is 0 Å². The van der Waals surface area contributed by atoms with Crippen LogP contribution in [-0.2, 0) is 4.79 Å². The zero-order valence-corrected chi connectivity index (χ0v) is 35.3. The topological polar surface area (TPSA) is 69.6 Å². The molecule has 0 aromatic carbocycles. The highest BCUT2D eigenvalue weighted by atomic mass is 16.3. The Hall–Kier alpha value is -1.13. The van der Waals surface area contributed by atoms with Gasteiger partial charge < -0.3 is 15.5 Å². The average molecular weight is 732 g/mol. The summed E-state index contributed by atoms with van der Waals surface area (Å²) in [7, 11) is 0. The Bertz CT molecular complexity index is 750. The SMILES string of the molecule is CCCCCCCCC/C=C\CCCCCCCCCC(=O)NC(CO)C(O)/C=C/CCCCCCCCCCCCCCCCCCCCCC. The van der Waals surface area contributed by atoms with Crippen molar-refractivity contribution in [3.05, 3.63) is 24.3 Å². The van der Waals surface area contributed by atoms with Gasteiger partial charge in [0.15, 0.2) is 0 Å². The number of aliphatic hydroxyl groups excluding tert-OH is 2. The molecule has 0 aliphatic carbocycles. The van der Waals surface area contributed by atoms with Crippen molar-refractivity contribution in [2.45, 2.75) is 270 Å². The maximum absolute atomic E-state index is 12.4. The number of hydrogen-bond donors (Lipinski definition) is 3. The second kappa shape index (κ2) is 44.3. The van der Waals surface area contributed by atoms with Gasteiger partial charge in [0.1, 0.15) is 0 Å². The van der Waals surface area contributed by atoms with Crippen molar-refractivity contribution in [3.63, 3.8) is 0 Å². The number of aliphatic hydroxyl groups is 2. The molecule has 0 aromatic heterocycles. The van der Waals surface area contributed by atoms with E-state index in [9.17, 15) is 15.0 Å². The number of unbranched alkanes of at least 4 members (excludes halogenated alkanes) is 34. The molecule has 3 N–H and O–H groups in total. The van der Waals surface area contributed by atoms with Crippen molar-refractivity contribution in [1.29, 1.82) is 0 Å².